The Bertz CT molecular complexity index is 733. The molecule has 2 aromatic carbocycles. The summed E-state index contributed by atoms with van der Waals surface area (Å²) in [5.74, 6) is -3.57. The van der Waals surface area contributed by atoms with Crippen LogP contribution in [-0.2, 0) is 22.6 Å². The van der Waals surface area contributed by atoms with Crippen LogP contribution in [0.3, 0.4) is 0 Å². The lowest BCUT2D eigenvalue weighted by atomic mass is 10.1. The smallest absolute Gasteiger partial charge is 0.313 e. The minimum Gasteiger partial charge on any atom is -0.392 e. The molecule has 7 heteroatoms. The third-order valence-corrected chi connectivity index (χ3v) is 3.29. The molecule has 0 bridgehead atoms. The standard InChI is InChI=1S/C17H16F2N2O3/c18-13-5-6-14(19)15(9-13)21-17(24)16(23)20-8-7-11-1-3-12(10-22)4-2-11/h1-6,9,22H,7-8,10H2,(H,20,23)(H,21,24). The Morgan fingerprint density at radius 1 is 0.958 bits per heavy atom. The van der Waals surface area contributed by atoms with Crippen LogP contribution in [0, 0.1) is 11.6 Å². The fourth-order valence-electron chi connectivity index (χ4n) is 1.98. The second-order valence-corrected chi connectivity index (χ2v) is 5.06. The summed E-state index contributed by atoms with van der Waals surface area (Å²) in [6.07, 6.45) is 0.485. The summed E-state index contributed by atoms with van der Waals surface area (Å²) >= 11 is 0. The number of anilines is 1. The molecule has 0 unspecified atom stereocenters. The highest BCUT2D eigenvalue weighted by molar-refractivity contribution is 6.39. The van der Waals surface area contributed by atoms with Gasteiger partial charge in [0.25, 0.3) is 0 Å². The Balaban J connectivity index is 1.83. The third-order valence-electron chi connectivity index (χ3n) is 3.29. The van der Waals surface area contributed by atoms with Gasteiger partial charge in [-0.15, -0.1) is 0 Å². The van der Waals surface area contributed by atoms with Gasteiger partial charge in [0.1, 0.15) is 11.6 Å². The topological polar surface area (TPSA) is 78.4 Å². The molecular formula is C17H16F2N2O3. The molecule has 3 N–H and O–H groups in total. The molecule has 0 saturated carbocycles. The number of aliphatic hydroxyl groups excluding tert-OH is 1. The minimum absolute atomic E-state index is 0.0478. The quantitative estimate of drug-likeness (QED) is 0.729. The van der Waals surface area contributed by atoms with Gasteiger partial charge in [-0.2, -0.15) is 0 Å². The maximum absolute atomic E-state index is 13.4. The summed E-state index contributed by atoms with van der Waals surface area (Å²) in [6.45, 7) is 0.157. The molecule has 0 radical (unpaired) electrons. The van der Waals surface area contributed by atoms with Gasteiger partial charge in [0.2, 0.25) is 0 Å². The van der Waals surface area contributed by atoms with Crippen LogP contribution in [0.15, 0.2) is 42.5 Å². The highest BCUT2D eigenvalue weighted by Crippen LogP contribution is 2.14. The van der Waals surface area contributed by atoms with E-state index in [0.29, 0.717) is 6.42 Å². The predicted molar refractivity (Wildman–Crippen MR) is 84.1 cm³/mol. The van der Waals surface area contributed by atoms with Gasteiger partial charge in [-0.25, -0.2) is 8.78 Å². The van der Waals surface area contributed by atoms with Gasteiger partial charge in [-0.05, 0) is 29.7 Å². The van der Waals surface area contributed by atoms with E-state index < -0.39 is 29.1 Å². The van der Waals surface area contributed by atoms with Crippen LogP contribution in [-0.4, -0.2) is 23.5 Å². The van der Waals surface area contributed by atoms with Crippen molar-refractivity contribution in [3.8, 4) is 0 Å². The second-order valence-electron chi connectivity index (χ2n) is 5.06. The Hall–Kier alpha value is -2.80. The van der Waals surface area contributed by atoms with Gasteiger partial charge in [0.15, 0.2) is 0 Å². The zero-order chi connectivity index (χ0) is 17.5. The molecule has 126 valence electrons. The van der Waals surface area contributed by atoms with E-state index >= 15 is 0 Å². The fraction of sp³-hybridized carbons (Fsp3) is 0.176. The summed E-state index contributed by atoms with van der Waals surface area (Å²) in [7, 11) is 0. The molecule has 0 aliphatic heterocycles. The molecule has 0 saturated heterocycles. The lowest BCUT2D eigenvalue weighted by Gasteiger charge is -2.08. The van der Waals surface area contributed by atoms with Gasteiger partial charge < -0.3 is 15.7 Å². The van der Waals surface area contributed by atoms with Gasteiger partial charge >= 0.3 is 11.8 Å². The number of carbonyl (C=O) groups excluding carboxylic acids is 2. The third kappa shape index (κ3) is 4.85. The number of nitrogens with one attached hydrogen (secondary N) is 2. The summed E-state index contributed by atoms with van der Waals surface area (Å²) in [4.78, 5) is 23.3. The first-order valence-electron chi connectivity index (χ1n) is 7.22. The molecule has 0 atom stereocenters. The van der Waals surface area contributed by atoms with Crippen molar-refractivity contribution in [1.29, 1.82) is 0 Å². The fourth-order valence-corrected chi connectivity index (χ4v) is 1.98. The maximum atomic E-state index is 13.4. The summed E-state index contributed by atoms with van der Waals surface area (Å²) in [6, 6.07) is 9.70. The van der Waals surface area contributed by atoms with Crippen LogP contribution in [0.25, 0.3) is 0 Å². The number of hydrogen-bond donors (Lipinski definition) is 3. The molecule has 0 spiro atoms. The van der Waals surface area contributed by atoms with Crippen molar-refractivity contribution in [2.45, 2.75) is 13.0 Å². The molecule has 5 nitrogen and oxygen atoms in total. The normalized spacial score (nSPS) is 10.3. The maximum Gasteiger partial charge on any atom is 0.313 e. The van der Waals surface area contributed by atoms with E-state index in [2.05, 4.69) is 5.32 Å². The molecule has 0 aromatic heterocycles. The van der Waals surface area contributed by atoms with Crippen LogP contribution in [0.1, 0.15) is 11.1 Å². The van der Waals surface area contributed by atoms with Gasteiger partial charge in [0.05, 0.1) is 12.3 Å². The number of aliphatic hydroxyl groups is 1. The molecule has 0 aliphatic carbocycles. The zero-order valence-corrected chi connectivity index (χ0v) is 12.7. The van der Waals surface area contributed by atoms with Crippen LogP contribution >= 0.6 is 0 Å². The van der Waals surface area contributed by atoms with E-state index in [1.165, 1.54) is 0 Å². The minimum atomic E-state index is -1.07. The summed E-state index contributed by atoms with van der Waals surface area (Å²) in [5.41, 5.74) is 1.30. The van der Waals surface area contributed by atoms with Crippen LogP contribution < -0.4 is 10.6 Å². The highest BCUT2D eigenvalue weighted by Gasteiger charge is 2.15. The Morgan fingerprint density at radius 3 is 2.29 bits per heavy atom. The lowest BCUT2D eigenvalue weighted by molar-refractivity contribution is -0.136. The number of rotatable bonds is 5. The number of amides is 2. The first kappa shape index (κ1) is 17.6. The molecule has 2 rings (SSSR count). The zero-order valence-electron chi connectivity index (χ0n) is 12.7. The van der Waals surface area contributed by atoms with Crippen molar-refractivity contribution in [1.82, 2.24) is 5.32 Å². The number of hydrogen-bond acceptors (Lipinski definition) is 3. The first-order chi connectivity index (χ1) is 11.5. The van der Waals surface area contributed by atoms with E-state index in [-0.39, 0.29) is 13.2 Å². The number of carbonyl (C=O) groups is 2. The second kappa shape index (κ2) is 8.16. The SMILES string of the molecule is O=C(NCCc1ccc(CO)cc1)C(=O)Nc1cc(F)ccc1F. The Kier molecular flexibility index (Phi) is 5.97. The largest absolute Gasteiger partial charge is 0.392 e. The lowest BCUT2D eigenvalue weighted by Crippen LogP contribution is -2.36. The Labute approximate surface area is 137 Å². The Morgan fingerprint density at radius 2 is 1.62 bits per heavy atom. The van der Waals surface area contributed by atoms with Crippen molar-refractivity contribution in [3.63, 3.8) is 0 Å². The average molecular weight is 334 g/mol. The number of benzene rings is 2. The first-order valence-corrected chi connectivity index (χ1v) is 7.22. The van der Waals surface area contributed by atoms with Crippen LogP contribution in [0.5, 0.6) is 0 Å². The number of halogens is 2. The molecule has 24 heavy (non-hydrogen) atoms. The average Bonchev–Trinajstić information content (AvgIpc) is 2.58. The van der Waals surface area contributed by atoms with Crippen molar-refractivity contribution in [2.24, 2.45) is 0 Å². The van der Waals surface area contributed by atoms with Gasteiger partial charge in [-0.1, -0.05) is 24.3 Å². The van der Waals surface area contributed by atoms with Crippen molar-refractivity contribution < 1.29 is 23.5 Å². The van der Waals surface area contributed by atoms with E-state index in [1.54, 1.807) is 24.3 Å². The molecule has 0 aliphatic rings. The molecule has 0 fully saturated rings. The summed E-state index contributed by atoms with van der Waals surface area (Å²) < 4.78 is 26.4. The van der Waals surface area contributed by atoms with E-state index in [9.17, 15) is 18.4 Å². The van der Waals surface area contributed by atoms with Crippen molar-refractivity contribution in [3.05, 3.63) is 65.2 Å². The van der Waals surface area contributed by atoms with Crippen LogP contribution in [0.2, 0.25) is 0 Å². The van der Waals surface area contributed by atoms with E-state index in [4.69, 9.17) is 5.11 Å². The molecule has 0 heterocycles. The van der Waals surface area contributed by atoms with Crippen molar-refractivity contribution >= 4 is 17.5 Å². The van der Waals surface area contributed by atoms with Gasteiger partial charge in [-0.3, -0.25) is 9.59 Å². The summed E-state index contributed by atoms with van der Waals surface area (Å²) in [5, 5.41) is 13.4. The molecular weight excluding hydrogens is 318 g/mol. The van der Waals surface area contributed by atoms with E-state index in [0.717, 1.165) is 29.3 Å². The molecule has 2 amide bonds. The molecule has 2 aromatic rings. The monoisotopic (exact) mass is 334 g/mol. The predicted octanol–water partition coefficient (Wildman–Crippen LogP) is 1.75. The highest BCUT2D eigenvalue weighted by atomic mass is 19.1. The van der Waals surface area contributed by atoms with E-state index in [1.807, 2.05) is 5.32 Å². The van der Waals surface area contributed by atoms with Crippen molar-refractivity contribution in [2.75, 3.05) is 11.9 Å². The van der Waals surface area contributed by atoms with Gasteiger partial charge in [0, 0.05) is 12.6 Å². The van der Waals surface area contributed by atoms with Crippen LogP contribution in [0.4, 0.5) is 14.5 Å².